The van der Waals surface area contributed by atoms with Crippen LogP contribution in [-0.2, 0) is 9.47 Å². The van der Waals surface area contributed by atoms with Gasteiger partial charge >= 0.3 is 0 Å². The summed E-state index contributed by atoms with van der Waals surface area (Å²) in [5.41, 5.74) is 0. The number of aliphatic imine (C=N–C) groups is 1. The molecule has 0 saturated carbocycles. The fourth-order valence-corrected chi connectivity index (χ4v) is 2.94. The van der Waals surface area contributed by atoms with Crippen LogP contribution in [0.5, 0.6) is 0 Å². The topological polar surface area (TPSA) is 58.1 Å². The summed E-state index contributed by atoms with van der Waals surface area (Å²) in [5.74, 6) is 1.51. The third-order valence-corrected chi connectivity index (χ3v) is 4.38. The summed E-state index contributed by atoms with van der Waals surface area (Å²) in [6.07, 6.45) is 0.0809. The second-order valence-electron chi connectivity index (χ2n) is 6.56. The van der Waals surface area contributed by atoms with E-state index in [-0.39, 0.29) is 30.1 Å². The lowest BCUT2D eigenvalue weighted by atomic mass is 10.1. The number of nitrogens with one attached hydrogen (secondary N) is 2. The van der Waals surface area contributed by atoms with E-state index in [1.54, 1.807) is 0 Å². The van der Waals surface area contributed by atoms with Crippen LogP contribution in [0.15, 0.2) is 4.99 Å². The van der Waals surface area contributed by atoms with Crippen LogP contribution in [0.4, 0.5) is 0 Å². The first kappa shape index (κ1) is 20.9. The quantitative estimate of drug-likeness (QED) is 0.384. The average molecular weight is 440 g/mol. The van der Waals surface area contributed by atoms with Gasteiger partial charge < -0.3 is 20.1 Å². The molecule has 7 heteroatoms. The second kappa shape index (κ2) is 10.7. The van der Waals surface area contributed by atoms with Gasteiger partial charge in [-0.3, -0.25) is 9.89 Å². The van der Waals surface area contributed by atoms with Crippen LogP contribution in [0, 0.1) is 5.92 Å². The number of ether oxygens (including phenoxy) is 2. The Bertz CT molecular complexity index is 362. The molecule has 2 heterocycles. The molecule has 6 nitrogen and oxygen atoms in total. The predicted octanol–water partition coefficient (Wildman–Crippen LogP) is 1.30. The Morgan fingerprint density at radius 2 is 2.09 bits per heavy atom. The molecule has 2 aliphatic heterocycles. The van der Waals surface area contributed by atoms with E-state index in [0.717, 1.165) is 25.6 Å². The van der Waals surface area contributed by atoms with Crippen molar-refractivity contribution in [2.24, 2.45) is 10.9 Å². The SMILES string of the molecule is CCNC(=NCC1COCCO1)NC1CN(C(C)C)CC1C.I. The average Bonchev–Trinajstić information content (AvgIpc) is 2.87. The van der Waals surface area contributed by atoms with Gasteiger partial charge in [0.1, 0.15) is 6.10 Å². The number of nitrogens with zero attached hydrogens (tertiary/aromatic N) is 2. The molecule has 2 aliphatic rings. The molecule has 0 aromatic carbocycles. The van der Waals surface area contributed by atoms with E-state index in [4.69, 9.17) is 9.47 Å². The molecule has 0 radical (unpaired) electrons. The molecule has 2 N–H and O–H groups in total. The van der Waals surface area contributed by atoms with Gasteiger partial charge in [-0.05, 0) is 26.7 Å². The summed E-state index contributed by atoms with van der Waals surface area (Å²) in [7, 11) is 0. The fraction of sp³-hybridized carbons (Fsp3) is 0.938. The Morgan fingerprint density at radius 1 is 1.30 bits per heavy atom. The smallest absolute Gasteiger partial charge is 0.191 e. The van der Waals surface area contributed by atoms with Gasteiger partial charge in [-0.15, -0.1) is 24.0 Å². The van der Waals surface area contributed by atoms with Crippen molar-refractivity contribution in [3.8, 4) is 0 Å². The van der Waals surface area contributed by atoms with Gasteiger partial charge in [0.2, 0.25) is 0 Å². The molecule has 2 fully saturated rings. The lowest BCUT2D eigenvalue weighted by molar-refractivity contribution is -0.0832. The number of guanidine groups is 1. The minimum Gasteiger partial charge on any atom is -0.376 e. The normalized spacial score (nSPS) is 29.4. The highest BCUT2D eigenvalue weighted by atomic mass is 127. The van der Waals surface area contributed by atoms with Crippen LogP contribution in [0.25, 0.3) is 0 Å². The predicted molar refractivity (Wildman–Crippen MR) is 105 cm³/mol. The number of halogens is 1. The van der Waals surface area contributed by atoms with Crippen LogP contribution in [0.1, 0.15) is 27.7 Å². The molecule has 23 heavy (non-hydrogen) atoms. The highest BCUT2D eigenvalue weighted by molar-refractivity contribution is 14.0. The molecule has 0 bridgehead atoms. The van der Waals surface area contributed by atoms with Crippen LogP contribution in [0.3, 0.4) is 0 Å². The van der Waals surface area contributed by atoms with E-state index in [1.807, 2.05) is 0 Å². The van der Waals surface area contributed by atoms with Crippen molar-refractivity contribution in [1.29, 1.82) is 0 Å². The van der Waals surface area contributed by atoms with Crippen molar-refractivity contribution < 1.29 is 9.47 Å². The standard InChI is InChI=1S/C16H32N4O2.HI/c1-5-17-16(18-8-14-11-21-6-7-22-14)19-15-10-20(12(2)3)9-13(15)4;/h12-15H,5-11H2,1-4H3,(H2,17,18,19);1H. The fourth-order valence-electron chi connectivity index (χ4n) is 2.94. The highest BCUT2D eigenvalue weighted by Crippen LogP contribution is 2.18. The van der Waals surface area contributed by atoms with Crippen molar-refractivity contribution in [2.45, 2.75) is 45.9 Å². The van der Waals surface area contributed by atoms with Gasteiger partial charge in [-0.25, -0.2) is 0 Å². The summed E-state index contributed by atoms with van der Waals surface area (Å²) in [6, 6.07) is 1.05. The van der Waals surface area contributed by atoms with Gasteiger partial charge in [-0.1, -0.05) is 6.92 Å². The Morgan fingerprint density at radius 3 is 2.65 bits per heavy atom. The third kappa shape index (κ3) is 6.72. The molecule has 3 atom stereocenters. The van der Waals surface area contributed by atoms with Crippen LogP contribution in [-0.4, -0.2) is 75.0 Å². The zero-order valence-corrected chi connectivity index (χ0v) is 17.2. The van der Waals surface area contributed by atoms with Crippen molar-refractivity contribution in [3.63, 3.8) is 0 Å². The maximum absolute atomic E-state index is 5.65. The molecule has 2 saturated heterocycles. The van der Waals surface area contributed by atoms with Crippen LogP contribution >= 0.6 is 24.0 Å². The molecule has 2 rings (SSSR count). The van der Waals surface area contributed by atoms with Crippen LogP contribution < -0.4 is 10.6 Å². The van der Waals surface area contributed by atoms with Crippen molar-refractivity contribution in [2.75, 3.05) is 46.0 Å². The Labute approximate surface area is 157 Å². The summed E-state index contributed by atoms with van der Waals surface area (Å²) in [5, 5.41) is 6.93. The lowest BCUT2D eigenvalue weighted by Gasteiger charge is -2.24. The van der Waals surface area contributed by atoms with Gasteiger partial charge in [-0.2, -0.15) is 0 Å². The van der Waals surface area contributed by atoms with E-state index in [1.165, 1.54) is 0 Å². The minimum atomic E-state index is 0. The summed E-state index contributed by atoms with van der Waals surface area (Å²) < 4.78 is 11.1. The Kier molecular flexibility index (Phi) is 9.72. The third-order valence-electron chi connectivity index (χ3n) is 4.38. The van der Waals surface area contributed by atoms with E-state index >= 15 is 0 Å². The molecular weight excluding hydrogens is 407 g/mol. The van der Waals surface area contributed by atoms with Gasteiger partial charge in [0, 0.05) is 31.7 Å². The Hall–Kier alpha value is -0.120. The summed E-state index contributed by atoms with van der Waals surface area (Å²) >= 11 is 0. The molecule has 0 amide bonds. The van der Waals surface area contributed by atoms with Gasteiger partial charge in [0.25, 0.3) is 0 Å². The molecule has 0 aliphatic carbocycles. The largest absolute Gasteiger partial charge is 0.376 e. The number of hydrogen-bond donors (Lipinski definition) is 2. The maximum atomic E-state index is 5.65. The minimum absolute atomic E-state index is 0. The molecular formula is C16H33IN4O2. The van der Waals surface area contributed by atoms with Crippen LogP contribution in [0.2, 0.25) is 0 Å². The first-order valence-electron chi connectivity index (χ1n) is 8.58. The maximum Gasteiger partial charge on any atom is 0.191 e. The number of hydrogen-bond acceptors (Lipinski definition) is 4. The Balaban J connectivity index is 0.00000264. The first-order valence-corrected chi connectivity index (χ1v) is 8.58. The van der Waals surface area contributed by atoms with E-state index in [2.05, 4.69) is 48.2 Å². The summed E-state index contributed by atoms with van der Waals surface area (Å²) in [4.78, 5) is 7.19. The van der Waals surface area contributed by atoms with E-state index in [0.29, 0.717) is 44.4 Å². The van der Waals surface area contributed by atoms with Crippen molar-refractivity contribution >= 4 is 29.9 Å². The monoisotopic (exact) mass is 440 g/mol. The van der Waals surface area contributed by atoms with E-state index < -0.39 is 0 Å². The first-order chi connectivity index (χ1) is 10.6. The highest BCUT2D eigenvalue weighted by Gasteiger charge is 2.31. The van der Waals surface area contributed by atoms with Crippen molar-refractivity contribution in [3.05, 3.63) is 0 Å². The van der Waals surface area contributed by atoms with Gasteiger partial charge in [0.05, 0.1) is 26.4 Å². The summed E-state index contributed by atoms with van der Waals surface area (Å²) in [6.45, 7) is 14.7. The molecule has 0 aromatic rings. The molecule has 0 spiro atoms. The zero-order chi connectivity index (χ0) is 15.9. The molecule has 0 aromatic heterocycles. The van der Waals surface area contributed by atoms with Crippen molar-refractivity contribution in [1.82, 2.24) is 15.5 Å². The van der Waals surface area contributed by atoms with E-state index in [9.17, 15) is 0 Å². The molecule has 136 valence electrons. The second-order valence-corrected chi connectivity index (χ2v) is 6.56. The number of rotatable bonds is 5. The lowest BCUT2D eigenvalue weighted by Crippen LogP contribution is -2.47. The number of likely N-dealkylation sites (tertiary alicyclic amines) is 1. The molecule has 3 unspecified atom stereocenters. The van der Waals surface area contributed by atoms with Gasteiger partial charge in [0.15, 0.2) is 5.96 Å². The zero-order valence-electron chi connectivity index (χ0n) is 14.9.